The molecule has 0 rings (SSSR count). The number of hydrogen-bond acceptors (Lipinski definition) is 2. The maximum atomic E-state index is 3.37. The van der Waals surface area contributed by atoms with Crippen LogP contribution in [0.2, 0.25) is 0 Å². The molecule has 0 heterocycles. The zero-order valence-electron chi connectivity index (χ0n) is 8.71. The third-order valence-electron chi connectivity index (χ3n) is 1.24. The third kappa shape index (κ3) is 9.92. The summed E-state index contributed by atoms with van der Waals surface area (Å²) in [6, 6.07) is 0. The second kappa shape index (κ2) is 3.55. The predicted octanol–water partition coefficient (Wildman–Crippen LogP) is 1.72. The molecule has 0 bridgehead atoms. The van der Waals surface area contributed by atoms with Crippen LogP contribution in [0.3, 0.4) is 0 Å². The molecule has 11 heavy (non-hydrogen) atoms. The van der Waals surface area contributed by atoms with E-state index in [4.69, 9.17) is 0 Å². The van der Waals surface area contributed by atoms with Crippen molar-refractivity contribution in [3.63, 3.8) is 0 Å². The average Bonchev–Trinajstić information content (AvgIpc) is 1.55. The molecule has 2 nitrogen and oxygen atoms in total. The van der Waals surface area contributed by atoms with Crippen LogP contribution in [0.5, 0.6) is 0 Å². The van der Waals surface area contributed by atoms with Gasteiger partial charge in [-0.05, 0) is 41.5 Å². The summed E-state index contributed by atoms with van der Waals surface area (Å²) in [6.07, 6.45) is 0. The summed E-state index contributed by atoms with van der Waals surface area (Å²) in [5.74, 6) is 0. The predicted molar refractivity (Wildman–Crippen MR) is 50.6 cm³/mol. The summed E-state index contributed by atoms with van der Waals surface area (Å²) in [6.45, 7) is 13.9. The monoisotopic (exact) mass is 158 g/mol. The largest absolute Gasteiger partial charge is 0.300 e. The first kappa shape index (κ1) is 10.9. The summed E-state index contributed by atoms with van der Waals surface area (Å²) in [5, 5.41) is 6.73. The van der Waals surface area contributed by atoms with Crippen molar-refractivity contribution in [2.24, 2.45) is 0 Å². The minimum atomic E-state index is 0.207. The summed E-state index contributed by atoms with van der Waals surface area (Å²) in [5.41, 5.74) is 0.413. The standard InChI is InChI=1S/C9H22N2/c1-8(2,3)10-7-11-9(4,5)6/h10-11H,7H2,1-6H3. The zero-order chi connectivity index (χ0) is 9.12. The highest BCUT2D eigenvalue weighted by molar-refractivity contribution is 4.73. The fourth-order valence-electron chi connectivity index (χ4n) is 0.575. The molecular formula is C9H22N2. The van der Waals surface area contributed by atoms with E-state index < -0.39 is 0 Å². The Balaban J connectivity index is 3.44. The molecule has 0 amide bonds. The lowest BCUT2D eigenvalue weighted by atomic mass is 10.1. The molecule has 2 heteroatoms. The van der Waals surface area contributed by atoms with Crippen molar-refractivity contribution in [2.45, 2.75) is 52.6 Å². The molecule has 0 radical (unpaired) electrons. The van der Waals surface area contributed by atoms with Crippen molar-refractivity contribution >= 4 is 0 Å². The first-order valence-corrected chi connectivity index (χ1v) is 4.21. The van der Waals surface area contributed by atoms with E-state index in [9.17, 15) is 0 Å². The molecule has 0 aliphatic rings. The molecule has 0 aromatic rings. The Morgan fingerprint density at radius 3 is 1.18 bits per heavy atom. The minimum Gasteiger partial charge on any atom is -0.300 e. The van der Waals surface area contributed by atoms with Gasteiger partial charge in [-0.25, -0.2) is 0 Å². The van der Waals surface area contributed by atoms with Gasteiger partial charge in [-0.15, -0.1) is 0 Å². The topological polar surface area (TPSA) is 24.1 Å². The van der Waals surface area contributed by atoms with Gasteiger partial charge in [-0.3, -0.25) is 10.6 Å². The van der Waals surface area contributed by atoms with Gasteiger partial charge in [0.15, 0.2) is 0 Å². The van der Waals surface area contributed by atoms with Gasteiger partial charge in [-0.2, -0.15) is 0 Å². The average molecular weight is 158 g/mol. The summed E-state index contributed by atoms with van der Waals surface area (Å²) in [4.78, 5) is 0. The molecule has 68 valence electrons. The molecule has 0 saturated heterocycles. The van der Waals surface area contributed by atoms with Crippen molar-refractivity contribution in [3.05, 3.63) is 0 Å². The maximum Gasteiger partial charge on any atom is 0.0462 e. The van der Waals surface area contributed by atoms with E-state index in [0.717, 1.165) is 6.67 Å². The fraction of sp³-hybridized carbons (Fsp3) is 1.00. The SMILES string of the molecule is CC(C)(C)NCNC(C)(C)C. The molecule has 0 aliphatic heterocycles. The van der Waals surface area contributed by atoms with Crippen molar-refractivity contribution in [3.8, 4) is 0 Å². The Kier molecular flexibility index (Phi) is 3.52. The fourth-order valence-corrected chi connectivity index (χ4v) is 0.575. The Bertz CT molecular complexity index is 91.7. The molecule has 0 aliphatic carbocycles. The van der Waals surface area contributed by atoms with Gasteiger partial charge in [0.05, 0.1) is 0 Å². The highest BCUT2D eigenvalue weighted by Crippen LogP contribution is 1.99. The number of nitrogens with one attached hydrogen (secondary N) is 2. The lowest BCUT2D eigenvalue weighted by Crippen LogP contribution is -2.48. The normalized spacial score (nSPS) is 13.6. The second-order valence-electron chi connectivity index (χ2n) is 5.03. The van der Waals surface area contributed by atoms with Crippen LogP contribution in [0.15, 0.2) is 0 Å². The van der Waals surface area contributed by atoms with E-state index in [2.05, 4.69) is 52.2 Å². The van der Waals surface area contributed by atoms with Crippen molar-refractivity contribution in [1.29, 1.82) is 0 Å². The third-order valence-corrected chi connectivity index (χ3v) is 1.24. The Hall–Kier alpha value is -0.0800. The van der Waals surface area contributed by atoms with Crippen LogP contribution in [0.25, 0.3) is 0 Å². The van der Waals surface area contributed by atoms with Gasteiger partial charge in [-0.1, -0.05) is 0 Å². The van der Waals surface area contributed by atoms with Crippen LogP contribution in [0, 0.1) is 0 Å². The van der Waals surface area contributed by atoms with Gasteiger partial charge in [0.25, 0.3) is 0 Å². The number of rotatable bonds is 2. The van der Waals surface area contributed by atoms with Crippen molar-refractivity contribution in [2.75, 3.05) is 6.67 Å². The van der Waals surface area contributed by atoms with E-state index in [1.165, 1.54) is 0 Å². The lowest BCUT2D eigenvalue weighted by Gasteiger charge is -2.26. The van der Waals surface area contributed by atoms with Crippen molar-refractivity contribution in [1.82, 2.24) is 10.6 Å². The second-order valence-corrected chi connectivity index (χ2v) is 5.03. The summed E-state index contributed by atoms with van der Waals surface area (Å²) >= 11 is 0. The van der Waals surface area contributed by atoms with Gasteiger partial charge in [0.2, 0.25) is 0 Å². The van der Waals surface area contributed by atoms with Crippen LogP contribution >= 0.6 is 0 Å². The van der Waals surface area contributed by atoms with Crippen LogP contribution in [0.1, 0.15) is 41.5 Å². The molecule has 0 saturated carbocycles. The molecule has 0 aromatic carbocycles. The lowest BCUT2D eigenvalue weighted by molar-refractivity contribution is 0.345. The van der Waals surface area contributed by atoms with Gasteiger partial charge >= 0.3 is 0 Å². The van der Waals surface area contributed by atoms with E-state index >= 15 is 0 Å². The molecule has 2 N–H and O–H groups in total. The molecule has 0 aromatic heterocycles. The van der Waals surface area contributed by atoms with E-state index in [1.807, 2.05) is 0 Å². The minimum absolute atomic E-state index is 0.207. The zero-order valence-corrected chi connectivity index (χ0v) is 8.71. The molecule has 0 spiro atoms. The first-order valence-electron chi connectivity index (χ1n) is 4.21. The van der Waals surface area contributed by atoms with E-state index in [-0.39, 0.29) is 11.1 Å². The molecule has 0 fully saturated rings. The highest BCUT2D eigenvalue weighted by Gasteiger charge is 2.11. The highest BCUT2D eigenvalue weighted by atomic mass is 15.1. The van der Waals surface area contributed by atoms with Gasteiger partial charge in [0.1, 0.15) is 0 Å². The van der Waals surface area contributed by atoms with E-state index in [1.54, 1.807) is 0 Å². The van der Waals surface area contributed by atoms with Crippen LogP contribution in [-0.2, 0) is 0 Å². The van der Waals surface area contributed by atoms with Gasteiger partial charge in [0, 0.05) is 17.7 Å². The van der Waals surface area contributed by atoms with Crippen LogP contribution in [0.4, 0.5) is 0 Å². The summed E-state index contributed by atoms with van der Waals surface area (Å²) in [7, 11) is 0. The molecular weight excluding hydrogens is 136 g/mol. The van der Waals surface area contributed by atoms with Crippen molar-refractivity contribution < 1.29 is 0 Å². The Morgan fingerprint density at radius 1 is 0.727 bits per heavy atom. The first-order chi connectivity index (χ1) is 4.71. The molecule has 0 unspecified atom stereocenters. The van der Waals surface area contributed by atoms with Crippen LogP contribution < -0.4 is 10.6 Å². The summed E-state index contributed by atoms with van der Waals surface area (Å²) < 4.78 is 0. The Morgan fingerprint density at radius 2 is 1.00 bits per heavy atom. The molecule has 0 atom stereocenters. The quantitative estimate of drug-likeness (QED) is 0.598. The Labute approximate surface area is 70.8 Å². The van der Waals surface area contributed by atoms with Gasteiger partial charge < -0.3 is 0 Å². The maximum absolute atomic E-state index is 3.37. The van der Waals surface area contributed by atoms with E-state index in [0.29, 0.717) is 0 Å². The van der Waals surface area contributed by atoms with Crippen LogP contribution in [-0.4, -0.2) is 17.7 Å². The number of hydrogen-bond donors (Lipinski definition) is 2. The smallest absolute Gasteiger partial charge is 0.0462 e.